The highest BCUT2D eigenvalue weighted by Crippen LogP contribution is 2.22. The Morgan fingerprint density at radius 2 is 2.07 bits per heavy atom. The van der Waals surface area contributed by atoms with Crippen LogP contribution in [0.2, 0.25) is 0 Å². The normalized spacial score (nSPS) is 13.0. The zero-order valence-electron chi connectivity index (χ0n) is 8.04. The maximum Gasteiger partial charge on any atom is 0.268 e. The summed E-state index contributed by atoms with van der Waals surface area (Å²) in [4.78, 5) is 21.7. The molecule has 14 heavy (non-hydrogen) atoms. The van der Waals surface area contributed by atoms with Gasteiger partial charge < -0.3 is 10.8 Å². The zero-order valence-corrected chi connectivity index (χ0v) is 8.04. The van der Waals surface area contributed by atoms with Crippen LogP contribution in [0.5, 0.6) is 5.75 Å². The highest BCUT2D eigenvalue weighted by molar-refractivity contribution is 5.40. The van der Waals surface area contributed by atoms with Crippen LogP contribution in [0.4, 0.5) is 0 Å². The lowest BCUT2D eigenvalue weighted by Crippen LogP contribution is -2.38. The minimum Gasteiger partial charge on any atom is -0.504 e. The second-order valence-electron chi connectivity index (χ2n) is 3.33. The van der Waals surface area contributed by atoms with E-state index in [1.54, 1.807) is 0 Å². The van der Waals surface area contributed by atoms with Crippen molar-refractivity contribution in [2.24, 2.45) is 5.73 Å². The molecule has 0 saturated heterocycles. The van der Waals surface area contributed by atoms with Crippen LogP contribution in [-0.2, 0) is 0 Å². The molecule has 0 aliphatic rings. The van der Waals surface area contributed by atoms with Crippen molar-refractivity contribution in [3.05, 3.63) is 38.2 Å². The van der Waals surface area contributed by atoms with Gasteiger partial charge in [0.15, 0.2) is 5.75 Å². The Bertz CT molecular complexity index is 427. The second-order valence-corrected chi connectivity index (χ2v) is 3.33. The summed E-state index contributed by atoms with van der Waals surface area (Å²) in [7, 11) is 0. The number of hydrogen-bond donors (Lipinski definition) is 2. The fourth-order valence-electron chi connectivity index (χ4n) is 1.30. The van der Waals surface area contributed by atoms with Crippen molar-refractivity contribution < 1.29 is 5.11 Å². The maximum atomic E-state index is 11.0. The average molecular weight is 195 g/mol. The SMILES string of the molecule is C=C(CC)CC(N)c1c(O)c(=O)c1=O. The Labute approximate surface area is 81.4 Å². The van der Waals surface area contributed by atoms with Crippen LogP contribution in [0.25, 0.3) is 0 Å². The summed E-state index contributed by atoms with van der Waals surface area (Å²) >= 11 is 0. The molecule has 0 radical (unpaired) electrons. The first kappa shape index (κ1) is 10.7. The summed E-state index contributed by atoms with van der Waals surface area (Å²) in [6.07, 6.45) is 1.19. The first-order chi connectivity index (χ1) is 6.49. The van der Waals surface area contributed by atoms with Gasteiger partial charge in [0.25, 0.3) is 5.43 Å². The van der Waals surface area contributed by atoms with E-state index in [4.69, 9.17) is 10.8 Å². The van der Waals surface area contributed by atoms with Gasteiger partial charge in [-0.25, -0.2) is 0 Å². The Balaban J connectivity index is 2.82. The Morgan fingerprint density at radius 1 is 1.50 bits per heavy atom. The smallest absolute Gasteiger partial charge is 0.268 e. The fourth-order valence-corrected chi connectivity index (χ4v) is 1.30. The quantitative estimate of drug-likeness (QED) is 0.536. The summed E-state index contributed by atoms with van der Waals surface area (Å²) in [5.41, 5.74) is 5.08. The van der Waals surface area contributed by atoms with Gasteiger partial charge in [0.2, 0.25) is 5.43 Å². The fraction of sp³-hybridized carbons (Fsp3) is 0.400. The lowest BCUT2D eigenvalue weighted by Gasteiger charge is -2.14. The highest BCUT2D eigenvalue weighted by Gasteiger charge is 2.25. The predicted molar refractivity (Wildman–Crippen MR) is 54.0 cm³/mol. The lowest BCUT2D eigenvalue weighted by molar-refractivity contribution is 0.444. The van der Waals surface area contributed by atoms with E-state index >= 15 is 0 Å². The monoisotopic (exact) mass is 195 g/mol. The van der Waals surface area contributed by atoms with Crippen molar-refractivity contribution in [2.75, 3.05) is 0 Å². The first-order valence-corrected chi connectivity index (χ1v) is 4.43. The standard InChI is InChI=1S/C10H13NO3/c1-3-5(2)4-6(11)7-8(12)10(14)9(7)13/h6,12H,2-4,11H2,1H3. The maximum absolute atomic E-state index is 11.0. The summed E-state index contributed by atoms with van der Waals surface area (Å²) in [5, 5.41) is 9.10. The molecule has 0 amide bonds. The Hall–Kier alpha value is -1.42. The van der Waals surface area contributed by atoms with Crippen LogP contribution < -0.4 is 16.6 Å². The molecule has 76 valence electrons. The zero-order chi connectivity index (χ0) is 10.9. The molecule has 4 nitrogen and oxygen atoms in total. The van der Waals surface area contributed by atoms with Gasteiger partial charge in [0.1, 0.15) is 0 Å². The van der Waals surface area contributed by atoms with Crippen molar-refractivity contribution in [1.82, 2.24) is 0 Å². The number of aromatic hydroxyl groups is 1. The third-order valence-corrected chi connectivity index (χ3v) is 2.30. The van der Waals surface area contributed by atoms with Crippen LogP contribution in [0, 0.1) is 0 Å². The minimum absolute atomic E-state index is 0.0459. The predicted octanol–water partition coefficient (Wildman–Crippen LogP) is 0.344. The van der Waals surface area contributed by atoms with E-state index in [0.717, 1.165) is 12.0 Å². The Morgan fingerprint density at radius 3 is 2.50 bits per heavy atom. The van der Waals surface area contributed by atoms with Gasteiger partial charge in [-0.05, 0) is 12.8 Å². The lowest BCUT2D eigenvalue weighted by atomic mass is 9.95. The number of nitrogens with two attached hydrogens (primary N) is 1. The molecule has 0 aliphatic carbocycles. The van der Waals surface area contributed by atoms with Gasteiger partial charge in [-0.1, -0.05) is 19.1 Å². The van der Waals surface area contributed by atoms with E-state index < -0.39 is 22.6 Å². The van der Waals surface area contributed by atoms with E-state index in [-0.39, 0.29) is 5.56 Å². The molecule has 0 aliphatic heterocycles. The summed E-state index contributed by atoms with van der Waals surface area (Å²) in [6, 6.07) is -0.604. The van der Waals surface area contributed by atoms with Crippen molar-refractivity contribution >= 4 is 0 Å². The molecule has 4 heteroatoms. The third-order valence-electron chi connectivity index (χ3n) is 2.30. The summed E-state index contributed by atoms with van der Waals surface area (Å²) in [5.74, 6) is -0.480. The average Bonchev–Trinajstić information content (AvgIpc) is 2.17. The van der Waals surface area contributed by atoms with E-state index in [0.29, 0.717) is 6.42 Å². The molecule has 0 heterocycles. The molecule has 1 rings (SSSR count). The molecule has 3 N–H and O–H groups in total. The topological polar surface area (TPSA) is 80.4 Å². The van der Waals surface area contributed by atoms with Gasteiger partial charge >= 0.3 is 0 Å². The molecule has 1 atom stereocenters. The summed E-state index contributed by atoms with van der Waals surface area (Å²) in [6.45, 7) is 5.67. The van der Waals surface area contributed by atoms with Crippen LogP contribution in [0.3, 0.4) is 0 Å². The number of hydrogen-bond acceptors (Lipinski definition) is 4. The van der Waals surface area contributed by atoms with Crippen molar-refractivity contribution in [3.63, 3.8) is 0 Å². The van der Waals surface area contributed by atoms with E-state index in [1.807, 2.05) is 6.92 Å². The molecular weight excluding hydrogens is 182 g/mol. The van der Waals surface area contributed by atoms with Gasteiger partial charge in [-0.2, -0.15) is 0 Å². The van der Waals surface area contributed by atoms with Crippen LogP contribution in [0.1, 0.15) is 31.4 Å². The molecule has 1 aromatic rings. The molecule has 0 fully saturated rings. The minimum atomic E-state index is -0.836. The summed E-state index contributed by atoms with van der Waals surface area (Å²) < 4.78 is 0. The van der Waals surface area contributed by atoms with Gasteiger partial charge in [-0.3, -0.25) is 9.59 Å². The molecule has 0 spiro atoms. The molecule has 0 bridgehead atoms. The molecule has 1 unspecified atom stereocenters. The van der Waals surface area contributed by atoms with Crippen LogP contribution in [0.15, 0.2) is 21.7 Å². The molecule has 0 aromatic heterocycles. The first-order valence-electron chi connectivity index (χ1n) is 4.43. The number of rotatable bonds is 4. The van der Waals surface area contributed by atoms with Crippen molar-refractivity contribution in [1.29, 1.82) is 0 Å². The van der Waals surface area contributed by atoms with Crippen molar-refractivity contribution in [3.8, 4) is 5.75 Å². The molecular formula is C10H13NO3. The van der Waals surface area contributed by atoms with Crippen molar-refractivity contribution in [2.45, 2.75) is 25.8 Å². The van der Waals surface area contributed by atoms with E-state index in [9.17, 15) is 9.59 Å². The Kier molecular flexibility index (Phi) is 2.86. The van der Waals surface area contributed by atoms with E-state index in [1.165, 1.54) is 0 Å². The second kappa shape index (κ2) is 3.75. The van der Waals surface area contributed by atoms with Gasteiger partial charge in [-0.15, -0.1) is 0 Å². The largest absolute Gasteiger partial charge is 0.504 e. The van der Waals surface area contributed by atoms with E-state index in [2.05, 4.69) is 6.58 Å². The highest BCUT2D eigenvalue weighted by atomic mass is 16.3. The van der Waals surface area contributed by atoms with Gasteiger partial charge in [0.05, 0.1) is 5.56 Å². The molecule has 0 saturated carbocycles. The van der Waals surface area contributed by atoms with Crippen LogP contribution >= 0.6 is 0 Å². The molecule has 1 aromatic carbocycles. The third kappa shape index (κ3) is 1.61. The van der Waals surface area contributed by atoms with Gasteiger partial charge in [0, 0.05) is 6.04 Å². The van der Waals surface area contributed by atoms with Crippen LogP contribution in [-0.4, -0.2) is 5.11 Å².